The fourth-order valence-electron chi connectivity index (χ4n) is 3.26. The Morgan fingerprint density at radius 3 is 1.95 bits per heavy atom. The minimum absolute atomic E-state index is 0.0363. The maximum absolute atomic E-state index is 12.8. The Kier molecular flexibility index (Phi) is 7.55. The van der Waals surface area contributed by atoms with Crippen LogP contribution in [0.1, 0.15) is 54.0 Å². The number of benzene rings is 1. The van der Waals surface area contributed by atoms with Crippen LogP contribution in [0.4, 0.5) is 5.95 Å². The van der Waals surface area contributed by atoms with E-state index in [2.05, 4.69) is 88.0 Å². The van der Waals surface area contributed by atoms with Crippen LogP contribution < -0.4 is 19.7 Å². The van der Waals surface area contributed by atoms with Crippen molar-refractivity contribution in [1.29, 1.82) is 0 Å². The van der Waals surface area contributed by atoms with Crippen molar-refractivity contribution in [1.82, 2.24) is 19.5 Å². The largest absolute Gasteiger partial charge is 0.543 e. The van der Waals surface area contributed by atoms with Gasteiger partial charge in [0.15, 0.2) is 11.2 Å². The van der Waals surface area contributed by atoms with Gasteiger partial charge >= 0.3 is 0 Å². The number of carbonyl (C=O) groups excluding carboxylic acids is 1. The van der Waals surface area contributed by atoms with Crippen molar-refractivity contribution in [2.75, 3.05) is 5.32 Å². The Morgan fingerprint density at radius 2 is 1.49 bits per heavy atom. The summed E-state index contributed by atoms with van der Waals surface area (Å²) in [5, 5.41) is 2.57. The van der Waals surface area contributed by atoms with E-state index in [1.54, 1.807) is 10.9 Å². The van der Waals surface area contributed by atoms with E-state index in [-0.39, 0.29) is 33.1 Å². The number of nitrogens with zero attached hydrogens (tertiary/aromatic N) is 3. The highest BCUT2D eigenvalue weighted by Gasteiger charge is 2.40. The number of H-pyrrole nitrogens is 1. The molecule has 1 amide bonds. The first-order chi connectivity index (χ1) is 16.8. The minimum atomic E-state index is -2.10. The van der Waals surface area contributed by atoms with Gasteiger partial charge in [0, 0.05) is 19.5 Å². The van der Waals surface area contributed by atoms with Gasteiger partial charge in [-0.1, -0.05) is 41.5 Å². The number of amides is 1. The summed E-state index contributed by atoms with van der Waals surface area (Å²) in [6.07, 6.45) is 1.58. The van der Waals surface area contributed by atoms with E-state index >= 15 is 0 Å². The van der Waals surface area contributed by atoms with Crippen LogP contribution in [-0.2, 0) is 11.3 Å². The zero-order valence-electron chi connectivity index (χ0n) is 24.0. The smallest absolute Gasteiger partial charge is 0.278 e. The topological polar surface area (TPSA) is 111 Å². The van der Waals surface area contributed by atoms with Crippen molar-refractivity contribution in [2.45, 2.75) is 91.3 Å². The van der Waals surface area contributed by atoms with Crippen LogP contribution in [0.2, 0.25) is 36.3 Å². The third-order valence-electron chi connectivity index (χ3n) is 7.43. The summed E-state index contributed by atoms with van der Waals surface area (Å²) in [4.78, 5) is 35.4. The number of nitrogens with one attached hydrogen (secondary N) is 2. The van der Waals surface area contributed by atoms with Gasteiger partial charge in [-0.2, -0.15) is 4.98 Å². The van der Waals surface area contributed by atoms with E-state index in [9.17, 15) is 9.59 Å². The van der Waals surface area contributed by atoms with Gasteiger partial charge in [-0.05, 0) is 54.0 Å². The maximum Gasteiger partial charge on any atom is 0.278 e. The quantitative estimate of drug-likeness (QED) is 0.359. The van der Waals surface area contributed by atoms with E-state index in [0.29, 0.717) is 12.1 Å². The van der Waals surface area contributed by atoms with E-state index < -0.39 is 16.6 Å². The number of fused-ring (bicyclic) bond motifs is 1. The van der Waals surface area contributed by atoms with E-state index in [0.717, 1.165) is 17.1 Å². The molecule has 3 rings (SSSR count). The molecular formula is C26H41N5O4Si2. The van der Waals surface area contributed by atoms with Gasteiger partial charge < -0.3 is 13.4 Å². The lowest BCUT2D eigenvalue weighted by atomic mass is 10.2. The lowest BCUT2D eigenvalue weighted by molar-refractivity contribution is -0.114. The molecule has 3 aromatic rings. The number of imidazole rings is 1. The SMILES string of the molecule is CC(=O)Nc1nc2ncn(Cc3cc(O[Si](C)(C)C(C)(C)C)cc(O[Si](C)(C)C(C)(C)C)c3)c2c(=O)[nH]1. The zero-order valence-corrected chi connectivity index (χ0v) is 26.0. The van der Waals surface area contributed by atoms with Gasteiger partial charge in [0.1, 0.15) is 11.5 Å². The number of anilines is 1. The summed E-state index contributed by atoms with van der Waals surface area (Å²) < 4.78 is 15.1. The maximum atomic E-state index is 12.8. The summed E-state index contributed by atoms with van der Waals surface area (Å²) in [7, 11) is -4.20. The Hall–Kier alpha value is -2.93. The number of aromatic nitrogens is 4. The van der Waals surface area contributed by atoms with Crippen molar-refractivity contribution in [3.63, 3.8) is 0 Å². The molecular weight excluding hydrogens is 502 g/mol. The van der Waals surface area contributed by atoms with E-state index in [1.165, 1.54) is 6.92 Å². The third-order valence-corrected chi connectivity index (χ3v) is 16.1. The van der Waals surface area contributed by atoms with Gasteiger partial charge in [-0.3, -0.25) is 19.9 Å². The molecule has 37 heavy (non-hydrogen) atoms. The van der Waals surface area contributed by atoms with Gasteiger partial charge in [0.2, 0.25) is 28.5 Å². The first kappa shape index (κ1) is 28.6. The van der Waals surface area contributed by atoms with Crippen LogP contribution in [0.3, 0.4) is 0 Å². The summed E-state index contributed by atoms with van der Waals surface area (Å²) in [5.74, 6) is 1.28. The first-order valence-electron chi connectivity index (χ1n) is 12.5. The molecule has 0 radical (unpaired) electrons. The second-order valence-corrected chi connectivity index (χ2v) is 22.1. The second kappa shape index (κ2) is 9.75. The summed E-state index contributed by atoms with van der Waals surface area (Å²) in [6, 6.07) is 6.01. The van der Waals surface area contributed by atoms with Crippen LogP contribution in [-0.4, -0.2) is 42.1 Å². The van der Waals surface area contributed by atoms with Gasteiger partial charge in [0.05, 0.1) is 6.33 Å². The predicted molar refractivity (Wildman–Crippen MR) is 154 cm³/mol. The molecule has 2 N–H and O–H groups in total. The van der Waals surface area contributed by atoms with E-state index in [1.807, 2.05) is 18.2 Å². The molecule has 0 atom stereocenters. The molecule has 0 aliphatic rings. The van der Waals surface area contributed by atoms with Crippen molar-refractivity contribution in [3.8, 4) is 11.5 Å². The monoisotopic (exact) mass is 543 g/mol. The highest BCUT2D eigenvalue weighted by atomic mass is 28.4. The summed E-state index contributed by atoms with van der Waals surface area (Å²) in [5.41, 5.74) is 1.14. The molecule has 11 heteroatoms. The number of carbonyl (C=O) groups is 1. The Bertz CT molecular complexity index is 1320. The number of hydrogen-bond donors (Lipinski definition) is 2. The fraction of sp³-hybridized carbons (Fsp3) is 0.538. The van der Waals surface area contributed by atoms with E-state index in [4.69, 9.17) is 8.85 Å². The first-order valence-corrected chi connectivity index (χ1v) is 18.4. The molecule has 9 nitrogen and oxygen atoms in total. The average Bonchev–Trinajstić information content (AvgIpc) is 3.07. The van der Waals surface area contributed by atoms with Crippen molar-refractivity contribution in [3.05, 3.63) is 40.4 Å². The molecule has 202 valence electrons. The molecule has 2 aromatic heterocycles. The highest BCUT2D eigenvalue weighted by Crippen LogP contribution is 2.41. The van der Waals surface area contributed by atoms with Crippen LogP contribution in [0.15, 0.2) is 29.3 Å². The minimum Gasteiger partial charge on any atom is -0.543 e. The predicted octanol–water partition coefficient (Wildman–Crippen LogP) is 5.89. The molecule has 0 aliphatic heterocycles. The van der Waals surface area contributed by atoms with Gasteiger partial charge in [0.25, 0.3) is 5.56 Å². The molecule has 0 saturated carbocycles. The molecule has 0 aliphatic carbocycles. The lowest BCUT2D eigenvalue weighted by Gasteiger charge is -2.38. The van der Waals surface area contributed by atoms with Gasteiger partial charge in [-0.25, -0.2) is 4.98 Å². The molecule has 0 fully saturated rings. The Labute approximate surface area is 221 Å². The molecule has 1 aromatic carbocycles. The summed E-state index contributed by atoms with van der Waals surface area (Å²) >= 11 is 0. The van der Waals surface area contributed by atoms with Crippen LogP contribution in [0.25, 0.3) is 11.2 Å². The molecule has 2 heterocycles. The van der Waals surface area contributed by atoms with Crippen LogP contribution in [0.5, 0.6) is 11.5 Å². The molecule has 0 spiro atoms. The number of rotatable bonds is 7. The summed E-state index contributed by atoms with van der Waals surface area (Å²) in [6.45, 7) is 23.9. The third kappa shape index (κ3) is 6.50. The van der Waals surface area contributed by atoms with Crippen molar-refractivity contribution in [2.24, 2.45) is 0 Å². The molecule has 0 bridgehead atoms. The van der Waals surface area contributed by atoms with Crippen molar-refractivity contribution < 1.29 is 13.6 Å². The highest BCUT2D eigenvalue weighted by molar-refractivity contribution is 6.75. The number of hydrogen-bond acceptors (Lipinski definition) is 6. The average molecular weight is 544 g/mol. The Balaban J connectivity index is 2.05. The zero-order chi connectivity index (χ0) is 28.0. The fourth-order valence-corrected chi connectivity index (χ4v) is 5.29. The second-order valence-electron chi connectivity index (χ2n) is 12.7. The van der Waals surface area contributed by atoms with Crippen LogP contribution >= 0.6 is 0 Å². The van der Waals surface area contributed by atoms with Crippen LogP contribution in [0, 0.1) is 0 Å². The Morgan fingerprint density at radius 1 is 0.973 bits per heavy atom. The normalized spacial score (nSPS) is 13.1. The lowest BCUT2D eigenvalue weighted by Crippen LogP contribution is -2.44. The van der Waals surface area contributed by atoms with Crippen molar-refractivity contribution >= 4 is 39.7 Å². The van der Waals surface area contributed by atoms with Gasteiger partial charge in [-0.15, -0.1) is 0 Å². The number of aromatic amines is 1. The molecule has 0 saturated heterocycles. The molecule has 0 unspecified atom stereocenters. The standard InChI is InChI=1S/C26H41N5O4Si2/c1-17(32)28-24-29-22-21(23(33)30-24)31(16-27-22)15-18-12-19(34-36(8,9)25(2,3)4)14-20(13-18)35-37(10,11)26(5,6)7/h12-14,16H,15H2,1-11H3,(H2,28,29,30,32,33).